The first-order valence-corrected chi connectivity index (χ1v) is 8.59. The fraction of sp³-hybridized carbons (Fsp3) is 0.0455. The molecule has 0 spiro atoms. The molecule has 4 aromatic rings. The number of benzene rings is 3. The second-order valence-electron chi connectivity index (χ2n) is 6.47. The van der Waals surface area contributed by atoms with Crippen molar-refractivity contribution in [2.24, 2.45) is 4.99 Å². The number of nitrogens with two attached hydrogens (primary N) is 1. The number of nitrogen functional groups attached to an aromatic ring is 1. The largest absolute Gasteiger partial charge is 0.508 e. The molecule has 5 N–H and O–H groups in total. The van der Waals surface area contributed by atoms with E-state index in [4.69, 9.17) is 5.73 Å². The van der Waals surface area contributed by atoms with Crippen LogP contribution in [0.4, 0.5) is 11.4 Å². The highest BCUT2D eigenvalue weighted by Gasteiger charge is 2.10. The topological polar surface area (TPSA) is 94.6 Å². The molecule has 0 atom stereocenters. The van der Waals surface area contributed by atoms with E-state index in [1.165, 1.54) is 0 Å². The summed E-state index contributed by atoms with van der Waals surface area (Å²) in [7, 11) is 0. The van der Waals surface area contributed by atoms with Gasteiger partial charge >= 0.3 is 0 Å². The van der Waals surface area contributed by atoms with Crippen LogP contribution in [-0.2, 0) is 6.42 Å². The molecule has 134 valence electrons. The maximum Gasteiger partial charge on any atom is 0.198 e. The van der Waals surface area contributed by atoms with Crippen molar-refractivity contribution < 1.29 is 10.2 Å². The Morgan fingerprint density at radius 3 is 2.56 bits per heavy atom. The Bertz CT molecular complexity index is 1150. The molecule has 0 saturated carbocycles. The molecule has 0 saturated heterocycles. The van der Waals surface area contributed by atoms with Gasteiger partial charge in [0.05, 0.1) is 11.3 Å². The smallest absolute Gasteiger partial charge is 0.198 e. The first-order chi connectivity index (χ1) is 13.1. The summed E-state index contributed by atoms with van der Waals surface area (Å²) in [6, 6.07) is 20.5. The van der Waals surface area contributed by atoms with Crippen molar-refractivity contribution in [1.29, 1.82) is 0 Å². The number of aromatic amines is 1. The standard InChI is InChI=1S/C22H19N3O2/c23-16-4-1-3-14(10-16)9-15-7-8-21-19(11-15)20(22(27)25-21)13-24-17-5-2-6-18(26)12-17/h1-8,10-13,25-27H,9,23H2. The van der Waals surface area contributed by atoms with Gasteiger partial charge in [-0.05, 0) is 53.9 Å². The lowest BCUT2D eigenvalue weighted by molar-refractivity contribution is 0.457. The first-order valence-electron chi connectivity index (χ1n) is 8.59. The zero-order valence-corrected chi connectivity index (χ0v) is 14.6. The predicted molar refractivity (Wildman–Crippen MR) is 109 cm³/mol. The summed E-state index contributed by atoms with van der Waals surface area (Å²) < 4.78 is 0. The highest BCUT2D eigenvalue weighted by Crippen LogP contribution is 2.28. The van der Waals surface area contributed by atoms with Crippen LogP contribution >= 0.6 is 0 Å². The van der Waals surface area contributed by atoms with Gasteiger partial charge in [0, 0.05) is 28.9 Å². The number of hydrogen-bond acceptors (Lipinski definition) is 4. The number of phenols is 1. The van der Waals surface area contributed by atoms with Crippen molar-refractivity contribution in [3.63, 3.8) is 0 Å². The lowest BCUT2D eigenvalue weighted by atomic mass is 10.0. The van der Waals surface area contributed by atoms with Gasteiger partial charge in [0.1, 0.15) is 5.75 Å². The van der Waals surface area contributed by atoms with E-state index >= 15 is 0 Å². The number of aromatic hydroxyl groups is 2. The fourth-order valence-corrected chi connectivity index (χ4v) is 3.14. The number of H-pyrrole nitrogens is 1. The van der Waals surface area contributed by atoms with Gasteiger partial charge in [-0.15, -0.1) is 0 Å². The number of aliphatic imine (C=N–C) groups is 1. The molecule has 1 heterocycles. The van der Waals surface area contributed by atoms with Crippen molar-refractivity contribution in [3.05, 3.63) is 83.4 Å². The molecule has 5 nitrogen and oxygen atoms in total. The molecular formula is C22H19N3O2. The molecule has 5 heteroatoms. The zero-order chi connectivity index (χ0) is 18.8. The fourth-order valence-electron chi connectivity index (χ4n) is 3.14. The summed E-state index contributed by atoms with van der Waals surface area (Å²) in [4.78, 5) is 7.33. The van der Waals surface area contributed by atoms with Crippen LogP contribution in [0.3, 0.4) is 0 Å². The minimum absolute atomic E-state index is 0.0648. The van der Waals surface area contributed by atoms with Gasteiger partial charge < -0.3 is 20.9 Å². The van der Waals surface area contributed by atoms with Gasteiger partial charge in [0.15, 0.2) is 5.88 Å². The highest BCUT2D eigenvalue weighted by atomic mass is 16.3. The lowest BCUT2D eigenvalue weighted by Crippen LogP contribution is -1.91. The third kappa shape index (κ3) is 3.62. The average Bonchev–Trinajstić information content (AvgIpc) is 2.95. The number of hydrogen-bond donors (Lipinski definition) is 4. The van der Waals surface area contributed by atoms with Crippen LogP contribution < -0.4 is 5.73 Å². The third-order valence-electron chi connectivity index (χ3n) is 4.41. The summed E-state index contributed by atoms with van der Waals surface area (Å²) in [6.07, 6.45) is 2.35. The van der Waals surface area contributed by atoms with E-state index in [-0.39, 0.29) is 11.6 Å². The number of anilines is 1. The molecule has 0 aliphatic heterocycles. The van der Waals surface area contributed by atoms with Crippen molar-refractivity contribution >= 4 is 28.5 Å². The third-order valence-corrected chi connectivity index (χ3v) is 4.41. The van der Waals surface area contributed by atoms with Crippen LogP contribution in [0.15, 0.2) is 71.7 Å². The second-order valence-corrected chi connectivity index (χ2v) is 6.47. The number of phenolic OH excluding ortho intramolecular Hbond substituents is 1. The Morgan fingerprint density at radius 2 is 1.74 bits per heavy atom. The Labute approximate surface area is 156 Å². The maximum atomic E-state index is 10.3. The summed E-state index contributed by atoms with van der Waals surface area (Å²) in [5.41, 5.74) is 10.9. The quantitative estimate of drug-likeness (QED) is 0.320. The second kappa shape index (κ2) is 6.88. The molecule has 0 aliphatic rings. The summed E-state index contributed by atoms with van der Waals surface area (Å²) in [6.45, 7) is 0. The van der Waals surface area contributed by atoms with Crippen LogP contribution in [-0.4, -0.2) is 21.4 Å². The van der Waals surface area contributed by atoms with Crippen LogP contribution in [0.25, 0.3) is 10.9 Å². The van der Waals surface area contributed by atoms with Crippen LogP contribution in [0.2, 0.25) is 0 Å². The maximum absolute atomic E-state index is 10.3. The van der Waals surface area contributed by atoms with Crippen LogP contribution in [0, 0.1) is 0 Å². The number of aromatic nitrogens is 1. The minimum atomic E-state index is 0.0648. The van der Waals surface area contributed by atoms with Gasteiger partial charge in [-0.1, -0.05) is 24.3 Å². The monoisotopic (exact) mass is 357 g/mol. The molecule has 1 aromatic heterocycles. The number of fused-ring (bicyclic) bond motifs is 1. The van der Waals surface area contributed by atoms with Crippen molar-refractivity contribution in [1.82, 2.24) is 4.98 Å². The van der Waals surface area contributed by atoms with E-state index in [9.17, 15) is 10.2 Å². The first kappa shape index (κ1) is 16.7. The Morgan fingerprint density at radius 1 is 0.926 bits per heavy atom. The molecule has 3 aromatic carbocycles. The van der Waals surface area contributed by atoms with Crippen LogP contribution in [0.1, 0.15) is 16.7 Å². The van der Waals surface area contributed by atoms with E-state index in [1.54, 1.807) is 30.5 Å². The van der Waals surface area contributed by atoms with Gasteiger partial charge in [0.2, 0.25) is 0 Å². The van der Waals surface area contributed by atoms with E-state index in [0.717, 1.165) is 34.1 Å². The van der Waals surface area contributed by atoms with E-state index in [0.29, 0.717) is 11.3 Å². The summed E-state index contributed by atoms with van der Waals surface area (Å²) in [5.74, 6) is 0.215. The molecule has 0 radical (unpaired) electrons. The lowest BCUT2D eigenvalue weighted by Gasteiger charge is -2.04. The van der Waals surface area contributed by atoms with Crippen molar-refractivity contribution in [3.8, 4) is 11.6 Å². The number of nitrogens with zero attached hydrogens (tertiary/aromatic N) is 1. The Hall–Kier alpha value is -3.73. The normalized spacial score (nSPS) is 11.4. The highest BCUT2D eigenvalue weighted by molar-refractivity contribution is 6.02. The van der Waals surface area contributed by atoms with Gasteiger partial charge in [-0.3, -0.25) is 4.99 Å². The molecule has 0 unspecified atom stereocenters. The van der Waals surface area contributed by atoms with Gasteiger partial charge in [-0.25, -0.2) is 0 Å². The van der Waals surface area contributed by atoms with E-state index in [2.05, 4.69) is 9.98 Å². The van der Waals surface area contributed by atoms with Crippen molar-refractivity contribution in [2.75, 3.05) is 5.73 Å². The zero-order valence-electron chi connectivity index (χ0n) is 14.6. The molecular weight excluding hydrogens is 338 g/mol. The van der Waals surface area contributed by atoms with Crippen LogP contribution in [0.5, 0.6) is 11.6 Å². The van der Waals surface area contributed by atoms with Gasteiger partial charge in [-0.2, -0.15) is 0 Å². The van der Waals surface area contributed by atoms with Gasteiger partial charge in [0.25, 0.3) is 0 Å². The Balaban J connectivity index is 1.69. The SMILES string of the molecule is Nc1cccc(Cc2ccc3[nH]c(O)c(C=Nc4cccc(O)c4)c3c2)c1. The minimum Gasteiger partial charge on any atom is -0.508 e. The average molecular weight is 357 g/mol. The molecule has 27 heavy (non-hydrogen) atoms. The Kier molecular flexibility index (Phi) is 4.26. The molecule has 0 aliphatic carbocycles. The summed E-state index contributed by atoms with van der Waals surface area (Å²) in [5, 5.41) is 20.7. The van der Waals surface area contributed by atoms with Crippen molar-refractivity contribution in [2.45, 2.75) is 6.42 Å². The summed E-state index contributed by atoms with van der Waals surface area (Å²) >= 11 is 0. The molecule has 0 bridgehead atoms. The van der Waals surface area contributed by atoms with E-state index in [1.807, 2.05) is 42.5 Å². The molecule has 4 rings (SSSR count). The van der Waals surface area contributed by atoms with E-state index < -0.39 is 0 Å². The molecule has 0 fully saturated rings. The number of rotatable bonds is 4. The number of nitrogens with one attached hydrogen (secondary N) is 1. The molecule has 0 amide bonds. The predicted octanol–water partition coefficient (Wildman–Crippen LogP) is 4.50.